The van der Waals surface area contributed by atoms with E-state index in [4.69, 9.17) is 14.2 Å². The maximum absolute atomic E-state index is 13.6. The third-order valence-electron chi connectivity index (χ3n) is 5.11. The Morgan fingerprint density at radius 2 is 2.29 bits per heavy atom. The fraction of sp³-hybridized carbons (Fsp3) is 0.611. The molecule has 5 nitrogen and oxygen atoms in total. The second kappa shape index (κ2) is 7.07. The van der Waals surface area contributed by atoms with Gasteiger partial charge < -0.3 is 19.1 Å². The lowest BCUT2D eigenvalue weighted by molar-refractivity contribution is -0.142. The molecule has 2 atom stereocenters. The Hall–Kier alpha value is -1.66. The van der Waals surface area contributed by atoms with Crippen LogP contribution in [0.3, 0.4) is 0 Å². The Morgan fingerprint density at radius 1 is 1.46 bits per heavy atom. The standard InChI is InChI=1S/C18H24FNO4/c1-22-12-18-7-3-9-24-16(18)6-8-20(11-18)17(21)13-4-5-14(19)15(10-13)23-2/h4-5,10,16H,3,6-9,11-12H2,1-2H3. The highest BCUT2D eigenvalue weighted by Gasteiger charge is 2.47. The van der Waals surface area contributed by atoms with Crippen LogP contribution >= 0.6 is 0 Å². The molecule has 2 fully saturated rings. The third-order valence-corrected chi connectivity index (χ3v) is 5.11. The number of fused-ring (bicyclic) bond motifs is 1. The topological polar surface area (TPSA) is 48.0 Å². The molecule has 0 bridgehead atoms. The van der Waals surface area contributed by atoms with Gasteiger partial charge in [-0.25, -0.2) is 4.39 Å². The van der Waals surface area contributed by atoms with Crippen LogP contribution < -0.4 is 4.74 Å². The van der Waals surface area contributed by atoms with Gasteiger partial charge in [0, 0.05) is 37.8 Å². The predicted octanol–water partition coefficient (Wildman–Crippen LogP) is 2.49. The predicted molar refractivity (Wildman–Crippen MR) is 86.8 cm³/mol. The SMILES string of the molecule is COCC12CCCOC1CCN(C(=O)c1ccc(F)c(OC)c1)C2. The fourth-order valence-corrected chi connectivity index (χ4v) is 3.94. The van der Waals surface area contributed by atoms with Gasteiger partial charge in [0.2, 0.25) is 0 Å². The summed E-state index contributed by atoms with van der Waals surface area (Å²) in [6.07, 6.45) is 2.90. The number of rotatable bonds is 4. The van der Waals surface area contributed by atoms with Crippen molar-refractivity contribution in [1.82, 2.24) is 4.90 Å². The molecule has 3 rings (SSSR count). The van der Waals surface area contributed by atoms with Crippen LogP contribution in [-0.2, 0) is 9.47 Å². The average molecular weight is 337 g/mol. The Balaban J connectivity index is 1.80. The zero-order valence-electron chi connectivity index (χ0n) is 14.2. The first kappa shape index (κ1) is 17.2. The Kier molecular flexibility index (Phi) is 5.06. The number of nitrogens with zero attached hydrogens (tertiary/aromatic N) is 1. The smallest absolute Gasteiger partial charge is 0.254 e. The molecule has 6 heteroatoms. The van der Waals surface area contributed by atoms with Crippen molar-refractivity contribution in [3.63, 3.8) is 0 Å². The third kappa shape index (κ3) is 3.13. The monoisotopic (exact) mass is 337 g/mol. The summed E-state index contributed by atoms with van der Waals surface area (Å²) >= 11 is 0. The highest BCUT2D eigenvalue weighted by molar-refractivity contribution is 5.94. The summed E-state index contributed by atoms with van der Waals surface area (Å²) < 4.78 is 29.9. The van der Waals surface area contributed by atoms with E-state index < -0.39 is 5.82 Å². The first-order valence-corrected chi connectivity index (χ1v) is 8.33. The zero-order chi connectivity index (χ0) is 17.2. The van der Waals surface area contributed by atoms with Gasteiger partial charge in [-0.2, -0.15) is 0 Å². The van der Waals surface area contributed by atoms with Gasteiger partial charge in [0.05, 0.1) is 19.8 Å². The summed E-state index contributed by atoms with van der Waals surface area (Å²) in [4.78, 5) is 14.7. The summed E-state index contributed by atoms with van der Waals surface area (Å²) in [7, 11) is 3.08. The minimum absolute atomic E-state index is 0.0864. The highest BCUT2D eigenvalue weighted by Crippen LogP contribution is 2.40. The summed E-state index contributed by atoms with van der Waals surface area (Å²) in [5.74, 6) is -0.486. The van der Waals surface area contributed by atoms with E-state index in [1.54, 1.807) is 7.11 Å². The van der Waals surface area contributed by atoms with E-state index in [9.17, 15) is 9.18 Å². The molecule has 1 amide bonds. The molecule has 2 saturated heterocycles. The van der Waals surface area contributed by atoms with Crippen LogP contribution in [0, 0.1) is 11.2 Å². The van der Waals surface area contributed by atoms with Crippen LogP contribution in [0.15, 0.2) is 18.2 Å². The summed E-state index contributed by atoms with van der Waals surface area (Å²) in [6.45, 7) is 2.59. The zero-order valence-corrected chi connectivity index (χ0v) is 14.2. The van der Waals surface area contributed by atoms with Crippen LogP contribution in [-0.4, -0.2) is 57.4 Å². The number of amides is 1. The summed E-state index contributed by atoms with van der Waals surface area (Å²) in [5, 5.41) is 0. The Morgan fingerprint density at radius 3 is 3.04 bits per heavy atom. The Labute approximate surface area is 141 Å². The summed E-state index contributed by atoms with van der Waals surface area (Å²) in [5.41, 5.74) is 0.293. The first-order valence-electron chi connectivity index (χ1n) is 8.33. The number of likely N-dealkylation sites (tertiary alicyclic amines) is 1. The highest BCUT2D eigenvalue weighted by atomic mass is 19.1. The minimum atomic E-state index is -0.468. The average Bonchev–Trinajstić information content (AvgIpc) is 2.61. The number of hydrogen-bond acceptors (Lipinski definition) is 4. The molecule has 2 aliphatic heterocycles. The van der Waals surface area contributed by atoms with Crippen molar-refractivity contribution >= 4 is 5.91 Å². The van der Waals surface area contributed by atoms with Crippen LogP contribution in [0.4, 0.5) is 4.39 Å². The lowest BCUT2D eigenvalue weighted by atomic mass is 9.73. The molecule has 0 saturated carbocycles. The maximum atomic E-state index is 13.6. The molecule has 0 spiro atoms. The molecule has 0 aromatic heterocycles. The van der Waals surface area contributed by atoms with Crippen molar-refractivity contribution < 1.29 is 23.4 Å². The molecular formula is C18H24FNO4. The van der Waals surface area contributed by atoms with Crippen molar-refractivity contribution in [2.45, 2.75) is 25.4 Å². The molecule has 2 aliphatic rings. The normalized spacial score (nSPS) is 26.8. The van der Waals surface area contributed by atoms with Gasteiger partial charge in [0.25, 0.3) is 5.91 Å². The van der Waals surface area contributed by atoms with Gasteiger partial charge >= 0.3 is 0 Å². The molecule has 132 valence electrons. The van der Waals surface area contributed by atoms with E-state index in [1.807, 2.05) is 4.90 Å². The van der Waals surface area contributed by atoms with Crippen molar-refractivity contribution in [1.29, 1.82) is 0 Å². The van der Waals surface area contributed by atoms with E-state index >= 15 is 0 Å². The molecule has 24 heavy (non-hydrogen) atoms. The van der Waals surface area contributed by atoms with Crippen molar-refractivity contribution in [3.8, 4) is 5.75 Å². The lowest BCUT2D eigenvalue weighted by Gasteiger charge is -2.50. The number of benzene rings is 1. The van der Waals surface area contributed by atoms with Crippen molar-refractivity contribution in [2.75, 3.05) is 40.5 Å². The Bertz CT molecular complexity index is 605. The van der Waals surface area contributed by atoms with E-state index in [0.29, 0.717) is 25.3 Å². The minimum Gasteiger partial charge on any atom is -0.494 e. The number of hydrogen-bond donors (Lipinski definition) is 0. The van der Waals surface area contributed by atoms with Crippen LogP contribution in [0.5, 0.6) is 5.75 Å². The second-order valence-electron chi connectivity index (χ2n) is 6.62. The van der Waals surface area contributed by atoms with Gasteiger partial charge in [0.15, 0.2) is 11.6 Å². The number of methoxy groups -OCH3 is 2. The molecule has 2 unspecified atom stereocenters. The molecular weight excluding hydrogens is 313 g/mol. The first-order chi connectivity index (χ1) is 11.6. The molecule has 0 N–H and O–H groups in total. The fourth-order valence-electron chi connectivity index (χ4n) is 3.94. The van der Waals surface area contributed by atoms with Crippen LogP contribution in [0.25, 0.3) is 0 Å². The quantitative estimate of drug-likeness (QED) is 0.847. The second-order valence-corrected chi connectivity index (χ2v) is 6.62. The van der Waals surface area contributed by atoms with E-state index in [1.165, 1.54) is 25.3 Å². The van der Waals surface area contributed by atoms with E-state index in [2.05, 4.69) is 0 Å². The van der Waals surface area contributed by atoms with Crippen molar-refractivity contribution in [3.05, 3.63) is 29.6 Å². The number of carbonyl (C=O) groups is 1. The molecule has 1 aromatic carbocycles. The van der Waals surface area contributed by atoms with Gasteiger partial charge in [-0.1, -0.05) is 0 Å². The van der Waals surface area contributed by atoms with E-state index in [-0.39, 0.29) is 23.2 Å². The largest absolute Gasteiger partial charge is 0.494 e. The molecule has 0 aliphatic carbocycles. The molecule has 1 aromatic rings. The maximum Gasteiger partial charge on any atom is 0.254 e. The van der Waals surface area contributed by atoms with E-state index in [0.717, 1.165) is 25.9 Å². The van der Waals surface area contributed by atoms with Gasteiger partial charge in [-0.3, -0.25) is 4.79 Å². The number of ether oxygens (including phenoxy) is 3. The van der Waals surface area contributed by atoms with Crippen LogP contribution in [0.2, 0.25) is 0 Å². The van der Waals surface area contributed by atoms with Gasteiger partial charge in [-0.05, 0) is 37.5 Å². The molecule has 0 radical (unpaired) electrons. The van der Waals surface area contributed by atoms with Crippen LogP contribution in [0.1, 0.15) is 29.6 Å². The van der Waals surface area contributed by atoms with Gasteiger partial charge in [-0.15, -0.1) is 0 Å². The number of halogens is 1. The number of carbonyl (C=O) groups excluding carboxylic acids is 1. The number of piperidine rings is 1. The van der Waals surface area contributed by atoms with Gasteiger partial charge in [0.1, 0.15) is 0 Å². The lowest BCUT2D eigenvalue weighted by Crippen LogP contribution is -2.58. The molecule has 2 heterocycles. The summed E-state index contributed by atoms with van der Waals surface area (Å²) in [6, 6.07) is 4.24. The van der Waals surface area contributed by atoms with Crippen molar-refractivity contribution in [2.24, 2.45) is 5.41 Å².